The van der Waals surface area contributed by atoms with E-state index in [4.69, 9.17) is 4.74 Å². The van der Waals surface area contributed by atoms with Crippen LogP contribution >= 0.6 is 0 Å². The van der Waals surface area contributed by atoms with Gasteiger partial charge in [0, 0.05) is 33.4 Å². The Balaban J connectivity index is 1.12. The number of nitrogens with zero attached hydrogens (tertiary/aromatic N) is 3. The van der Waals surface area contributed by atoms with E-state index in [-0.39, 0.29) is 28.4 Å². The lowest BCUT2D eigenvalue weighted by Crippen LogP contribution is -2.62. The standard InChI is InChI=1S/C49H54N4O4/c1-25(2)39-42(56)37-36-28(31-23-45(3,4)57-46(5,6)38(31)41(36)55)22-29-30-21-27-16-17-34-47(7,19-12-13-26(24-50)44-51-32-14-10-11-15-33(32)52-44)35(54)18-20-48(34,8)49(27,9)43(30)53(39)40(29)37/h10-15,19,22-23,27,34-35,38-39,41,54-55H,1,16-18,20-21H2,2-9H3,(H,51,52)/b19-12+,26-13+/t27?,34-,35-,38?,39-,41+,47-,48-,49+/m0/s1. The maximum Gasteiger partial charge on any atom is 0.192 e. The van der Waals surface area contributed by atoms with Gasteiger partial charge in [0.25, 0.3) is 0 Å². The molecule has 0 bridgehead atoms. The first-order valence-electron chi connectivity index (χ1n) is 20.9. The van der Waals surface area contributed by atoms with Gasteiger partial charge in [0.05, 0.1) is 51.1 Å². The summed E-state index contributed by atoms with van der Waals surface area (Å²) in [5, 5.41) is 35.5. The molecule has 9 atom stereocenters. The van der Waals surface area contributed by atoms with Gasteiger partial charge in [-0.15, -0.1) is 0 Å². The largest absolute Gasteiger partial charge is 0.392 e. The number of H-pyrrole nitrogens is 1. The number of aromatic amines is 1. The molecule has 8 nitrogen and oxygen atoms in total. The van der Waals surface area contributed by atoms with Crippen LogP contribution in [0.15, 0.2) is 66.8 Å². The van der Waals surface area contributed by atoms with Crippen molar-refractivity contribution in [3.63, 3.8) is 0 Å². The number of aliphatic hydroxyl groups excluding tert-OH is 2. The summed E-state index contributed by atoms with van der Waals surface area (Å²) < 4.78 is 8.92. The van der Waals surface area contributed by atoms with Gasteiger partial charge in [0.1, 0.15) is 17.9 Å². The highest BCUT2D eigenvalue weighted by atomic mass is 16.5. The topological polar surface area (TPSA) is 124 Å². The fraction of sp³-hybridized carbons (Fsp3) is 0.490. The van der Waals surface area contributed by atoms with Crippen LogP contribution in [-0.2, 0) is 16.6 Å². The SMILES string of the molecule is C=C(C)[C@H]1C(=O)c2c3c(cc4c5c(n1c24)[C@@]1(C)C(CC[C@H]2[C@](C)(/C=C/C=C(\C#N)c4nc6ccccc6[nH]4)[C@@H](O)CC[C@@]21C)C5)C1=CC(C)(C)OC(C)(C)C1[C@@H]3O. The Morgan fingerprint density at radius 3 is 2.58 bits per heavy atom. The van der Waals surface area contributed by atoms with Crippen molar-refractivity contribution in [2.45, 2.75) is 122 Å². The molecule has 2 saturated carbocycles. The minimum absolute atomic E-state index is 0.0272. The number of benzene rings is 2. The number of nitriles is 1. The normalized spacial score (nSPS) is 35.8. The number of ether oxygens (including phenoxy) is 1. The Labute approximate surface area is 335 Å². The molecule has 0 spiro atoms. The van der Waals surface area contributed by atoms with Gasteiger partial charge in [-0.1, -0.05) is 57.2 Å². The van der Waals surface area contributed by atoms with E-state index in [2.05, 4.69) is 93.9 Å². The number of hydrogen-bond acceptors (Lipinski definition) is 6. The van der Waals surface area contributed by atoms with E-state index in [9.17, 15) is 20.3 Å². The summed E-state index contributed by atoms with van der Waals surface area (Å²) >= 11 is 0. The van der Waals surface area contributed by atoms with Crippen molar-refractivity contribution in [2.75, 3.05) is 0 Å². The summed E-state index contributed by atoms with van der Waals surface area (Å²) in [5.74, 6) is 0.786. The average molecular weight is 763 g/mol. The number of fused-ring (bicyclic) bond motifs is 12. The van der Waals surface area contributed by atoms with Crippen LogP contribution in [0.5, 0.6) is 0 Å². The van der Waals surface area contributed by atoms with E-state index >= 15 is 0 Å². The lowest BCUT2D eigenvalue weighted by Gasteiger charge is -2.64. The molecule has 2 aromatic heterocycles. The number of carbonyl (C=O) groups is 1. The highest BCUT2D eigenvalue weighted by molar-refractivity contribution is 6.18. The van der Waals surface area contributed by atoms with Crippen LogP contribution < -0.4 is 0 Å². The first-order valence-corrected chi connectivity index (χ1v) is 20.9. The van der Waals surface area contributed by atoms with Crippen molar-refractivity contribution in [1.82, 2.24) is 14.5 Å². The quantitative estimate of drug-likeness (QED) is 0.108. The Kier molecular flexibility index (Phi) is 7.45. The fourth-order valence-electron chi connectivity index (χ4n) is 13.7. The van der Waals surface area contributed by atoms with Crippen LogP contribution in [0, 0.1) is 39.9 Å². The number of allylic oxidation sites excluding steroid dienone is 4. The third kappa shape index (κ3) is 4.54. The van der Waals surface area contributed by atoms with E-state index in [1.54, 1.807) is 0 Å². The summed E-state index contributed by atoms with van der Waals surface area (Å²) in [5.41, 5.74) is 7.73. The summed E-state index contributed by atoms with van der Waals surface area (Å²) in [6.07, 6.45) is 11.1. The van der Waals surface area contributed by atoms with Crippen LogP contribution in [0.1, 0.15) is 132 Å². The Bertz CT molecular complexity index is 2590. The molecule has 0 saturated heterocycles. The number of rotatable bonds is 4. The predicted octanol–water partition coefficient (Wildman–Crippen LogP) is 9.64. The molecule has 2 fully saturated rings. The van der Waals surface area contributed by atoms with Gasteiger partial charge in [-0.05, 0) is 131 Å². The van der Waals surface area contributed by atoms with Gasteiger partial charge in [-0.2, -0.15) is 5.26 Å². The molecular weight excluding hydrogens is 709 g/mol. The van der Waals surface area contributed by atoms with Crippen molar-refractivity contribution in [1.29, 1.82) is 5.26 Å². The molecule has 4 aliphatic carbocycles. The molecular formula is C49H54N4O4. The Morgan fingerprint density at radius 2 is 1.86 bits per heavy atom. The van der Waals surface area contributed by atoms with Gasteiger partial charge in [0.2, 0.25) is 0 Å². The third-order valence-corrected chi connectivity index (χ3v) is 16.1. The van der Waals surface area contributed by atoms with Crippen LogP contribution in [-0.4, -0.2) is 47.8 Å². The predicted molar refractivity (Wildman–Crippen MR) is 223 cm³/mol. The van der Waals surface area contributed by atoms with E-state index in [0.717, 1.165) is 69.9 Å². The van der Waals surface area contributed by atoms with Crippen LogP contribution in [0.25, 0.3) is 33.1 Å². The molecule has 4 aromatic rings. The van der Waals surface area contributed by atoms with Gasteiger partial charge in [0.15, 0.2) is 5.78 Å². The number of aromatic nitrogens is 3. The highest BCUT2D eigenvalue weighted by Crippen LogP contribution is 2.71. The summed E-state index contributed by atoms with van der Waals surface area (Å²) in [7, 11) is 0. The summed E-state index contributed by atoms with van der Waals surface area (Å²) in [6, 6.07) is 11.9. The number of ketones is 1. The van der Waals surface area contributed by atoms with Gasteiger partial charge >= 0.3 is 0 Å². The summed E-state index contributed by atoms with van der Waals surface area (Å²) in [4.78, 5) is 22.9. The van der Waals surface area contributed by atoms with Crippen molar-refractivity contribution in [2.24, 2.45) is 28.6 Å². The van der Waals surface area contributed by atoms with Crippen molar-refractivity contribution < 1.29 is 19.7 Å². The third-order valence-electron chi connectivity index (χ3n) is 16.1. The number of hydrogen-bond donors (Lipinski definition) is 3. The monoisotopic (exact) mass is 762 g/mol. The van der Waals surface area contributed by atoms with Gasteiger partial charge < -0.3 is 24.5 Å². The van der Waals surface area contributed by atoms with E-state index < -0.39 is 34.9 Å². The number of carbonyl (C=O) groups excluding carboxylic acids is 1. The van der Waals surface area contributed by atoms with E-state index in [0.29, 0.717) is 29.3 Å². The first kappa shape index (κ1) is 36.8. The van der Waals surface area contributed by atoms with E-state index in [1.165, 1.54) is 11.3 Å². The molecule has 57 heavy (non-hydrogen) atoms. The van der Waals surface area contributed by atoms with E-state index in [1.807, 2.05) is 43.3 Å². The molecule has 2 aromatic carbocycles. The lowest BCUT2D eigenvalue weighted by molar-refractivity contribution is -0.144. The fourth-order valence-corrected chi connectivity index (χ4v) is 13.7. The molecule has 10 rings (SSSR count). The number of aliphatic hydroxyl groups is 2. The number of imidazole rings is 1. The second-order valence-electron chi connectivity index (χ2n) is 20.0. The first-order chi connectivity index (χ1) is 26.9. The number of para-hydroxylation sites is 2. The zero-order valence-corrected chi connectivity index (χ0v) is 34.5. The molecule has 2 unspecified atom stereocenters. The highest BCUT2D eigenvalue weighted by Gasteiger charge is 2.67. The molecule has 294 valence electrons. The maximum absolute atomic E-state index is 15.0. The minimum atomic E-state index is -0.863. The number of Topliss-reactive ketones (excluding diaryl/α,β-unsaturated/α-hetero) is 1. The van der Waals surface area contributed by atoms with Gasteiger partial charge in [-0.3, -0.25) is 4.79 Å². The second-order valence-corrected chi connectivity index (χ2v) is 20.0. The zero-order valence-electron chi connectivity index (χ0n) is 34.5. The molecule has 0 radical (unpaired) electrons. The second kappa shape index (κ2) is 11.6. The lowest BCUT2D eigenvalue weighted by atomic mass is 9.40. The Hall–Kier alpha value is -4.55. The molecule has 2 aliphatic heterocycles. The molecule has 3 N–H and O–H groups in total. The van der Waals surface area contributed by atoms with Crippen LogP contribution in [0.4, 0.5) is 0 Å². The maximum atomic E-state index is 15.0. The minimum Gasteiger partial charge on any atom is -0.392 e. The van der Waals surface area contributed by atoms with Crippen molar-refractivity contribution >= 4 is 38.9 Å². The molecule has 4 heterocycles. The summed E-state index contributed by atoms with van der Waals surface area (Å²) in [6.45, 7) is 21.8. The van der Waals surface area contributed by atoms with Crippen molar-refractivity contribution in [3.05, 3.63) is 101 Å². The molecule has 6 aliphatic rings. The number of nitrogens with one attached hydrogen (secondary N) is 1. The average Bonchev–Trinajstić information content (AvgIpc) is 3.91. The Morgan fingerprint density at radius 1 is 1.11 bits per heavy atom. The van der Waals surface area contributed by atoms with Crippen LogP contribution in [0.2, 0.25) is 0 Å². The molecule has 8 heteroatoms. The zero-order chi connectivity index (χ0) is 40.4. The smallest absolute Gasteiger partial charge is 0.192 e. The van der Waals surface area contributed by atoms with Gasteiger partial charge in [-0.25, -0.2) is 4.98 Å². The van der Waals surface area contributed by atoms with Crippen molar-refractivity contribution in [3.8, 4) is 6.07 Å². The van der Waals surface area contributed by atoms with Crippen LogP contribution in [0.3, 0.4) is 0 Å². The molecule has 0 amide bonds.